The van der Waals surface area contributed by atoms with Gasteiger partial charge in [0.2, 0.25) is 0 Å². The predicted octanol–water partition coefficient (Wildman–Crippen LogP) is 2.37. The molecule has 0 aromatic heterocycles. The number of likely N-dealkylation sites (N-methyl/N-ethyl adjacent to an activating group) is 1. The first-order chi connectivity index (χ1) is 9.51. The number of nitrogens with zero attached hydrogens (tertiary/aromatic N) is 1. The van der Waals surface area contributed by atoms with Gasteiger partial charge in [-0.2, -0.15) is 0 Å². The molecule has 1 aromatic carbocycles. The van der Waals surface area contributed by atoms with E-state index in [1.54, 1.807) is 13.2 Å². The van der Waals surface area contributed by atoms with Crippen LogP contribution in [0.4, 0.5) is 4.39 Å². The summed E-state index contributed by atoms with van der Waals surface area (Å²) in [6, 6.07) is 4.59. The number of carbonyl (C=O) groups is 1. The van der Waals surface area contributed by atoms with E-state index < -0.39 is 5.82 Å². The molecular weight excluding hydrogens is 261 g/mol. The number of rotatable bonds is 8. The van der Waals surface area contributed by atoms with Crippen LogP contribution in [-0.4, -0.2) is 51.1 Å². The lowest BCUT2D eigenvalue weighted by Crippen LogP contribution is -2.34. The van der Waals surface area contributed by atoms with Crippen LogP contribution in [0.25, 0.3) is 0 Å². The van der Waals surface area contributed by atoms with Gasteiger partial charge in [0.1, 0.15) is 11.6 Å². The second-order valence-corrected chi connectivity index (χ2v) is 4.78. The molecule has 1 aromatic rings. The normalized spacial score (nSPS) is 12.5. The largest absolute Gasteiger partial charge is 0.496 e. The summed E-state index contributed by atoms with van der Waals surface area (Å²) in [5.41, 5.74) is 0.0304. The van der Waals surface area contributed by atoms with Crippen LogP contribution in [0.1, 0.15) is 23.7 Å². The molecule has 1 rings (SSSR count). The average molecular weight is 283 g/mol. The lowest BCUT2D eigenvalue weighted by atomic mass is 10.1. The van der Waals surface area contributed by atoms with E-state index in [2.05, 4.69) is 0 Å². The molecule has 20 heavy (non-hydrogen) atoms. The molecule has 5 heteroatoms. The second kappa shape index (κ2) is 7.97. The van der Waals surface area contributed by atoms with Gasteiger partial charge in [-0.15, -0.1) is 0 Å². The summed E-state index contributed by atoms with van der Waals surface area (Å²) in [6.07, 6.45) is 0.238. The molecule has 0 saturated heterocycles. The monoisotopic (exact) mass is 283 g/mol. The molecule has 0 saturated carbocycles. The quantitative estimate of drug-likeness (QED) is 0.687. The van der Waals surface area contributed by atoms with Gasteiger partial charge in [0.15, 0.2) is 5.78 Å². The first-order valence-electron chi connectivity index (χ1n) is 6.56. The van der Waals surface area contributed by atoms with Gasteiger partial charge in [0.05, 0.1) is 19.3 Å². The Bertz CT molecular complexity index is 451. The number of hydrogen-bond donors (Lipinski definition) is 0. The summed E-state index contributed by atoms with van der Waals surface area (Å²) in [7, 11) is 4.98. The maximum atomic E-state index is 13.8. The lowest BCUT2D eigenvalue weighted by molar-refractivity contribution is 0.0910. The summed E-state index contributed by atoms with van der Waals surface area (Å²) in [6.45, 7) is 3.15. The zero-order valence-electron chi connectivity index (χ0n) is 12.5. The van der Waals surface area contributed by atoms with E-state index in [4.69, 9.17) is 9.47 Å². The molecule has 1 atom stereocenters. The van der Waals surface area contributed by atoms with E-state index in [1.165, 1.54) is 19.2 Å². The van der Waals surface area contributed by atoms with Crippen LogP contribution >= 0.6 is 0 Å². The number of halogens is 1. The maximum absolute atomic E-state index is 13.8. The molecule has 0 fully saturated rings. The molecule has 1 unspecified atom stereocenters. The van der Waals surface area contributed by atoms with Gasteiger partial charge in [-0.1, -0.05) is 6.07 Å². The van der Waals surface area contributed by atoms with E-state index in [9.17, 15) is 9.18 Å². The van der Waals surface area contributed by atoms with E-state index >= 15 is 0 Å². The number of hydrogen-bond acceptors (Lipinski definition) is 4. The van der Waals surface area contributed by atoms with E-state index in [1.807, 2.05) is 18.9 Å². The summed E-state index contributed by atoms with van der Waals surface area (Å²) < 4.78 is 23.9. The Labute approximate surface area is 119 Å². The Morgan fingerprint density at radius 2 is 2.10 bits per heavy atom. The van der Waals surface area contributed by atoms with Crippen molar-refractivity contribution in [3.63, 3.8) is 0 Å². The second-order valence-electron chi connectivity index (χ2n) is 4.78. The predicted molar refractivity (Wildman–Crippen MR) is 75.9 cm³/mol. The van der Waals surface area contributed by atoms with Crippen LogP contribution in [0.5, 0.6) is 5.75 Å². The van der Waals surface area contributed by atoms with Crippen LogP contribution < -0.4 is 4.74 Å². The van der Waals surface area contributed by atoms with Gasteiger partial charge in [0, 0.05) is 26.1 Å². The van der Waals surface area contributed by atoms with Crippen LogP contribution in [0.3, 0.4) is 0 Å². The number of Topliss-reactive ketones (excluding diaryl/α,β-unsaturated/α-hetero) is 1. The van der Waals surface area contributed by atoms with Crippen molar-refractivity contribution in [1.29, 1.82) is 0 Å². The molecule has 0 radical (unpaired) electrons. The fraction of sp³-hybridized carbons (Fsp3) is 0.533. The fourth-order valence-corrected chi connectivity index (χ4v) is 1.94. The van der Waals surface area contributed by atoms with E-state index in [-0.39, 0.29) is 29.6 Å². The minimum atomic E-state index is -0.540. The molecule has 0 spiro atoms. The number of carbonyl (C=O) groups excluding carboxylic acids is 1. The molecule has 0 heterocycles. The summed E-state index contributed by atoms with van der Waals surface area (Å²) in [5.74, 6) is -0.513. The summed E-state index contributed by atoms with van der Waals surface area (Å²) in [5, 5.41) is 0. The van der Waals surface area contributed by atoms with Crippen molar-refractivity contribution in [3.05, 3.63) is 29.6 Å². The minimum absolute atomic E-state index is 0.0304. The van der Waals surface area contributed by atoms with E-state index in [0.29, 0.717) is 13.2 Å². The van der Waals surface area contributed by atoms with Crippen molar-refractivity contribution in [2.45, 2.75) is 19.4 Å². The molecule has 4 nitrogen and oxygen atoms in total. The number of ketones is 1. The fourth-order valence-electron chi connectivity index (χ4n) is 1.94. The van der Waals surface area contributed by atoms with Crippen LogP contribution in [0, 0.1) is 5.82 Å². The Kier molecular flexibility index (Phi) is 6.61. The zero-order valence-corrected chi connectivity index (χ0v) is 12.5. The van der Waals surface area contributed by atoms with Crippen LogP contribution in [0.2, 0.25) is 0 Å². The Morgan fingerprint density at radius 1 is 1.40 bits per heavy atom. The van der Waals surface area contributed by atoms with Gasteiger partial charge in [-0.05, 0) is 26.1 Å². The van der Waals surface area contributed by atoms with Gasteiger partial charge in [-0.25, -0.2) is 4.39 Å². The molecular formula is C15H22FNO3. The van der Waals surface area contributed by atoms with Gasteiger partial charge < -0.3 is 14.4 Å². The SMILES string of the molecule is COCC(C)N(C)CCC(=O)c1c(F)cccc1OC. The highest BCUT2D eigenvalue weighted by Crippen LogP contribution is 2.22. The van der Waals surface area contributed by atoms with Crippen molar-refractivity contribution in [1.82, 2.24) is 4.90 Å². The highest BCUT2D eigenvalue weighted by atomic mass is 19.1. The summed E-state index contributed by atoms with van der Waals surface area (Å²) >= 11 is 0. The molecule has 0 aliphatic heterocycles. The zero-order chi connectivity index (χ0) is 15.1. The molecule has 0 bridgehead atoms. The first kappa shape index (κ1) is 16.6. The lowest BCUT2D eigenvalue weighted by Gasteiger charge is -2.23. The van der Waals surface area contributed by atoms with E-state index in [0.717, 1.165) is 0 Å². The average Bonchev–Trinajstić information content (AvgIpc) is 2.44. The third kappa shape index (κ3) is 4.28. The Balaban J connectivity index is 2.68. The van der Waals surface area contributed by atoms with Crippen molar-refractivity contribution in [2.75, 3.05) is 34.4 Å². The molecule has 112 valence electrons. The highest BCUT2D eigenvalue weighted by molar-refractivity contribution is 5.99. The molecule has 0 amide bonds. The molecule has 0 aliphatic carbocycles. The third-order valence-corrected chi connectivity index (χ3v) is 3.33. The molecule has 0 aliphatic rings. The van der Waals surface area contributed by atoms with Crippen molar-refractivity contribution < 1.29 is 18.7 Å². The number of methoxy groups -OCH3 is 2. The van der Waals surface area contributed by atoms with Crippen LogP contribution in [-0.2, 0) is 4.74 Å². The number of ether oxygens (including phenoxy) is 2. The smallest absolute Gasteiger partial charge is 0.170 e. The van der Waals surface area contributed by atoms with Crippen LogP contribution in [0.15, 0.2) is 18.2 Å². The molecule has 0 N–H and O–H groups in total. The number of benzene rings is 1. The first-order valence-corrected chi connectivity index (χ1v) is 6.56. The summed E-state index contributed by atoms with van der Waals surface area (Å²) in [4.78, 5) is 14.2. The van der Waals surface area contributed by atoms with Crippen molar-refractivity contribution in [3.8, 4) is 5.75 Å². The minimum Gasteiger partial charge on any atom is -0.496 e. The van der Waals surface area contributed by atoms with Gasteiger partial charge >= 0.3 is 0 Å². The standard InChI is InChI=1S/C15H22FNO3/c1-11(10-19-3)17(2)9-8-13(18)15-12(16)6-5-7-14(15)20-4/h5-7,11H,8-10H2,1-4H3. The maximum Gasteiger partial charge on any atom is 0.170 e. The van der Waals surface area contributed by atoms with Gasteiger partial charge in [-0.3, -0.25) is 4.79 Å². The third-order valence-electron chi connectivity index (χ3n) is 3.33. The van der Waals surface area contributed by atoms with Crippen molar-refractivity contribution >= 4 is 5.78 Å². The Morgan fingerprint density at radius 3 is 2.70 bits per heavy atom. The topological polar surface area (TPSA) is 38.8 Å². The van der Waals surface area contributed by atoms with Crippen molar-refractivity contribution in [2.24, 2.45) is 0 Å². The highest BCUT2D eigenvalue weighted by Gasteiger charge is 2.18. The Hall–Kier alpha value is -1.46. The van der Waals surface area contributed by atoms with Gasteiger partial charge in [0.25, 0.3) is 0 Å².